The van der Waals surface area contributed by atoms with E-state index in [9.17, 15) is 18.0 Å². The van der Waals surface area contributed by atoms with E-state index >= 15 is 0 Å². The lowest BCUT2D eigenvalue weighted by Gasteiger charge is -2.23. The van der Waals surface area contributed by atoms with Gasteiger partial charge in [0, 0.05) is 6.54 Å². The first-order valence-electron chi connectivity index (χ1n) is 7.07. The van der Waals surface area contributed by atoms with E-state index in [0.717, 1.165) is 18.9 Å². The lowest BCUT2D eigenvalue weighted by Crippen LogP contribution is -2.51. The average Bonchev–Trinajstić information content (AvgIpc) is 2.91. The van der Waals surface area contributed by atoms with Gasteiger partial charge >= 0.3 is 6.18 Å². The van der Waals surface area contributed by atoms with Crippen LogP contribution in [-0.4, -0.2) is 18.6 Å². The van der Waals surface area contributed by atoms with E-state index in [-0.39, 0.29) is 30.3 Å². The highest BCUT2D eigenvalue weighted by Gasteiger charge is 2.38. The van der Waals surface area contributed by atoms with Gasteiger partial charge in [-0.1, -0.05) is 18.9 Å². The molecule has 1 amide bonds. The van der Waals surface area contributed by atoms with Crippen molar-refractivity contribution in [3.05, 3.63) is 29.3 Å². The highest BCUT2D eigenvalue weighted by atomic mass is 35.5. The standard InChI is InChI=1S/C15H19F3N2O2.ClH/c1-22-11-5-4-10(12(8-11)15(16,17)18)9-20-13(21)14(19)6-2-3-7-14;/h4-5,8H,2-3,6-7,9,19H2,1H3,(H,20,21);1H. The number of benzene rings is 1. The summed E-state index contributed by atoms with van der Waals surface area (Å²) in [5, 5.41) is 2.53. The van der Waals surface area contributed by atoms with Gasteiger partial charge in [0.05, 0.1) is 18.2 Å². The van der Waals surface area contributed by atoms with Crippen molar-refractivity contribution >= 4 is 18.3 Å². The summed E-state index contributed by atoms with van der Waals surface area (Å²) in [6.45, 7) is -0.212. The van der Waals surface area contributed by atoms with Gasteiger partial charge in [0.25, 0.3) is 0 Å². The smallest absolute Gasteiger partial charge is 0.416 e. The molecule has 0 bridgehead atoms. The molecule has 23 heavy (non-hydrogen) atoms. The Morgan fingerprint density at radius 1 is 1.35 bits per heavy atom. The first-order chi connectivity index (χ1) is 10.3. The number of nitrogens with two attached hydrogens (primary N) is 1. The summed E-state index contributed by atoms with van der Waals surface area (Å²) in [7, 11) is 1.30. The largest absolute Gasteiger partial charge is 0.497 e. The molecule has 0 radical (unpaired) electrons. The number of halogens is 4. The third kappa shape index (κ3) is 4.51. The van der Waals surface area contributed by atoms with E-state index in [0.29, 0.717) is 12.8 Å². The predicted molar refractivity (Wildman–Crippen MR) is 82.5 cm³/mol. The van der Waals surface area contributed by atoms with Gasteiger partial charge < -0.3 is 15.8 Å². The van der Waals surface area contributed by atoms with Crippen LogP contribution in [0.3, 0.4) is 0 Å². The van der Waals surface area contributed by atoms with E-state index in [2.05, 4.69) is 5.32 Å². The number of rotatable bonds is 4. The van der Waals surface area contributed by atoms with Crippen LogP contribution in [0.1, 0.15) is 36.8 Å². The summed E-state index contributed by atoms with van der Waals surface area (Å²) in [6, 6.07) is 3.67. The zero-order chi connectivity index (χ0) is 16.4. The van der Waals surface area contributed by atoms with Crippen molar-refractivity contribution in [3.63, 3.8) is 0 Å². The van der Waals surface area contributed by atoms with E-state index in [1.54, 1.807) is 0 Å². The maximum absolute atomic E-state index is 13.1. The molecule has 1 aliphatic rings. The summed E-state index contributed by atoms with van der Waals surface area (Å²) in [6.07, 6.45) is -1.66. The summed E-state index contributed by atoms with van der Waals surface area (Å²) in [5.41, 5.74) is 4.20. The van der Waals surface area contributed by atoms with Crippen LogP contribution in [0.15, 0.2) is 18.2 Å². The molecule has 0 aliphatic heterocycles. The number of hydrogen-bond donors (Lipinski definition) is 2. The first kappa shape index (κ1) is 19.6. The minimum Gasteiger partial charge on any atom is -0.497 e. The fourth-order valence-electron chi connectivity index (χ4n) is 2.69. The second-order valence-corrected chi connectivity index (χ2v) is 5.57. The zero-order valence-electron chi connectivity index (χ0n) is 12.7. The highest BCUT2D eigenvalue weighted by Crippen LogP contribution is 2.34. The lowest BCUT2D eigenvalue weighted by molar-refractivity contribution is -0.138. The minimum absolute atomic E-state index is 0. The molecule has 0 atom stereocenters. The van der Waals surface area contributed by atoms with Crippen molar-refractivity contribution in [2.75, 3.05) is 7.11 Å². The van der Waals surface area contributed by atoms with Crippen LogP contribution in [0.5, 0.6) is 5.75 Å². The third-order valence-corrected chi connectivity index (χ3v) is 4.01. The second kappa shape index (κ2) is 7.40. The number of nitrogens with one attached hydrogen (secondary N) is 1. The molecule has 0 spiro atoms. The molecule has 4 nitrogen and oxygen atoms in total. The molecule has 8 heteroatoms. The molecule has 3 N–H and O–H groups in total. The van der Waals surface area contributed by atoms with Crippen molar-refractivity contribution in [2.24, 2.45) is 5.73 Å². The van der Waals surface area contributed by atoms with Crippen molar-refractivity contribution in [2.45, 2.75) is 43.9 Å². The van der Waals surface area contributed by atoms with Gasteiger partial charge in [0.1, 0.15) is 5.75 Å². The molecule has 1 aliphatic carbocycles. The summed E-state index contributed by atoms with van der Waals surface area (Å²) in [5.74, 6) is -0.276. The zero-order valence-corrected chi connectivity index (χ0v) is 13.5. The topological polar surface area (TPSA) is 64.3 Å². The van der Waals surface area contributed by atoms with Crippen molar-refractivity contribution in [1.29, 1.82) is 0 Å². The number of amides is 1. The lowest BCUT2D eigenvalue weighted by atomic mass is 9.97. The van der Waals surface area contributed by atoms with Gasteiger partial charge in [0.2, 0.25) is 5.91 Å². The van der Waals surface area contributed by atoms with Gasteiger partial charge in [-0.25, -0.2) is 0 Å². The molecule has 1 saturated carbocycles. The SMILES string of the molecule is COc1ccc(CNC(=O)C2(N)CCCC2)c(C(F)(F)F)c1.Cl. The number of ether oxygens (including phenoxy) is 1. The molecular formula is C15H20ClF3N2O2. The monoisotopic (exact) mass is 352 g/mol. The van der Waals surface area contributed by atoms with Gasteiger partial charge in [-0.05, 0) is 30.5 Å². The van der Waals surface area contributed by atoms with Crippen LogP contribution in [0.2, 0.25) is 0 Å². The molecule has 1 fully saturated rings. The Balaban J connectivity index is 0.00000264. The quantitative estimate of drug-likeness (QED) is 0.875. The van der Waals surface area contributed by atoms with E-state index in [1.807, 2.05) is 0 Å². The van der Waals surface area contributed by atoms with Gasteiger partial charge in [-0.3, -0.25) is 4.79 Å². The maximum atomic E-state index is 13.1. The molecule has 0 saturated heterocycles. The molecule has 2 rings (SSSR count). The molecule has 0 aromatic heterocycles. The molecule has 1 aromatic rings. The van der Waals surface area contributed by atoms with Gasteiger partial charge in [-0.15, -0.1) is 12.4 Å². The van der Waals surface area contributed by atoms with Crippen LogP contribution in [0, 0.1) is 0 Å². The Morgan fingerprint density at radius 3 is 2.48 bits per heavy atom. The Bertz CT molecular complexity index is 558. The van der Waals surface area contributed by atoms with E-state index in [4.69, 9.17) is 10.5 Å². The predicted octanol–water partition coefficient (Wildman–Crippen LogP) is 3.02. The summed E-state index contributed by atoms with van der Waals surface area (Å²) < 4.78 is 44.0. The van der Waals surface area contributed by atoms with Gasteiger partial charge in [0.15, 0.2) is 0 Å². The molecule has 1 aromatic carbocycles. The van der Waals surface area contributed by atoms with Crippen LogP contribution >= 0.6 is 12.4 Å². The molecule has 130 valence electrons. The van der Waals surface area contributed by atoms with E-state index in [1.165, 1.54) is 19.2 Å². The van der Waals surface area contributed by atoms with Crippen LogP contribution < -0.4 is 15.8 Å². The molecular weight excluding hydrogens is 333 g/mol. The Labute approximate surface area is 139 Å². The Kier molecular flexibility index (Phi) is 6.30. The van der Waals surface area contributed by atoms with Crippen molar-refractivity contribution < 1.29 is 22.7 Å². The number of hydrogen-bond acceptors (Lipinski definition) is 3. The van der Waals surface area contributed by atoms with Crippen molar-refractivity contribution in [1.82, 2.24) is 5.32 Å². The Hall–Kier alpha value is -1.47. The summed E-state index contributed by atoms with van der Waals surface area (Å²) >= 11 is 0. The molecule has 0 unspecified atom stereocenters. The fraction of sp³-hybridized carbons (Fsp3) is 0.533. The highest BCUT2D eigenvalue weighted by molar-refractivity contribution is 5.86. The number of carbonyl (C=O) groups is 1. The first-order valence-corrected chi connectivity index (χ1v) is 7.07. The Morgan fingerprint density at radius 2 is 1.96 bits per heavy atom. The fourth-order valence-corrected chi connectivity index (χ4v) is 2.69. The number of alkyl halides is 3. The minimum atomic E-state index is -4.51. The average molecular weight is 353 g/mol. The second-order valence-electron chi connectivity index (χ2n) is 5.57. The number of carbonyl (C=O) groups excluding carboxylic acids is 1. The van der Waals surface area contributed by atoms with Gasteiger partial charge in [-0.2, -0.15) is 13.2 Å². The molecule has 0 heterocycles. The van der Waals surface area contributed by atoms with Crippen LogP contribution in [0.4, 0.5) is 13.2 Å². The third-order valence-electron chi connectivity index (χ3n) is 4.01. The normalized spacial score (nSPS) is 16.6. The summed E-state index contributed by atoms with van der Waals surface area (Å²) in [4.78, 5) is 12.1. The maximum Gasteiger partial charge on any atom is 0.416 e. The van der Waals surface area contributed by atoms with Crippen molar-refractivity contribution in [3.8, 4) is 5.75 Å². The number of methoxy groups -OCH3 is 1. The van der Waals surface area contributed by atoms with E-state index < -0.39 is 23.2 Å². The van der Waals surface area contributed by atoms with Crippen LogP contribution in [-0.2, 0) is 17.5 Å². The van der Waals surface area contributed by atoms with Crippen LogP contribution in [0.25, 0.3) is 0 Å².